The molecule has 1 aromatic carbocycles. The van der Waals surface area contributed by atoms with Crippen molar-refractivity contribution in [2.24, 2.45) is 0 Å². The summed E-state index contributed by atoms with van der Waals surface area (Å²) >= 11 is 1.44. The zero-order valence-corrected chi connectivity index (χ0v) is 17.4. The quantitative estimate of drug-likeness (QED) is 0.555. The number of ether oxygens (including phenoxy) is 1. The number of rotatable bonds is 8. The molecule has 2 heterocycles. The van der Waals surface area contributed by atoms with Crippen molar-refractivity contribution < 1.29 is 23.5 Å². The van der Waals surface area contributed by atoms with E-state index in [9.17, 15) is 14.4 Å². The maximum absolute atomic E-state index is 12.6. The lowest BCUT2D eigenvalue weighted by atomic mass is 10.1. The fourth-order valence-corrected chi connectivity index (χ4v) is 3.31. The van der Waals surface area contributed by atoms with E-state index in [0.29, 0.717) is 22.7 Å². The van der Waals surface area contributed by atoms with Crippen LogP contribution in [0.25, 0.3) is 0 Å². The number of thiazole rings is 1. The van der Waals surface area contributed by atoms with E-state index in [1.165, 1.54) is 29.5 Å². The largest absolute Gasteiger partial charge is 0.467 e. The predicted molar refractivity (Wildman–Crippen MR) is 111 cm³/mol. The van der Waals surface area contributed by atoms with Gasteiger partial charge in [0.25, 0.3) is 11.8 Å². The topological polar surface area (TPSA) is 102 Å². The van der Waals surface area contributed by atoms with Gasteiger partial charge < -0.3 is 19.4 Å². The van der Waals surface area contributed by atoms with Crippen molar-refractivity contribution in [3.8, 4) is 0 Å². The second kappa shape index (κ2) is 9.84. The zero-order chi connectivity index (χ0) is 21.5. The number of para-hydroxylation sites is 1. The van der Waals surface area contributed by atoms with Crippen LogP contribution in [-0.2, 0) is 27.3 Å². The molecule has 0 saturated carbocycles. The van der Waals surface area contributed by atoms with Crippen LogP contribution < -0.4 is 10.2 Å². The fraction of sp³-hybridized carbons (Fsp3) is 0.238. The number of aromatic nitrogens is 1. The van der Waals surface area contributed by atoms with E-state index in [2.05, 4.69) is 10.3 Å². The van der Waals surface area contributed by atoms with Gasteiger partial charge in [0, 0.05) is 12.4 Å². The van der Waals surface area contributed by atoms with Crippen LogP contribution in [-0.4, -0.2) is 36.4 Å². The highest BCUT2D eigenvalue weighted by molar-refractivity contribution is 7.09. The summed E-state index contributed by atoms with van der Waals surface area (Å²) in [4.78, 5) is 42.5. The van der Waals surface area contributed by atoms with Crippen LogP contribution in [0.3, 0.4) is 0 Å². The molecule has 0 spiro atoms. The van der Waals surface area contributed by atoms with E-state index < -0.39 is 18.5 Å². The van der Waals surface area contributed by atoms with E-state index >= 15 is 0 Å². The van der Waals surface area contributed by atoms with Crippen molar-refractivity contribution >= 4 is 34.8 Å². The van der Waals surface area contributed by atoms with Gasteiger partial charge in [-0.1, -0.05) is 12.1 Å². The second-order valence-electron chi connectivity index (χ2n) is 6.43. The van der Waals surface area contributed by atoms with Crippen molar-refractivity contribution in [2.75, 3.05) is 18.6 Å². The van der Waals surface area contributed by atoms with Crippen LogP contribution >= 0.6 is 11.3 Å². The zero-order valence-electron chi connectivity index (χ0n) is 16.6. The summed E-state index contributed by atoms with van der Waals surface area (Å²) in [7, 11) is 1.53. The Bertz CT molecular complexity index is 1030. The second-order valence-corrected chi connectivity index (χ2v) is 7.49. The number of furan rings is 1. The molecule has 0 aliphatic heterocycles. The Labute approximate surface area is 177 Å². The Balaban J connectivity index is 1.58. The Morgan fingerprint density at radius 1 is 1.20 bits per heavy atom. The number of carbonyl (C=O) groups is 3. The molecular weight excluding hydrogens is 406 g/mol. The SMILES string of the molecule is Cc1nc(CC(=O)OCC(=O)N(C)c2ccccc2C(=O)NCc2ccco2)cs1. The number of carbonyl (C=O) groups excluding carboxylic acids is 3. The molecule has 8 nitrogen and oxygen atoms in total. The minimum atomic E-state index is -0.536. The third kappa shape index (κ3) is 5.54. The number of nitrogens with zero attached hydrogens (tertiary/aromatic N) is 2. The van der Waals surface area contributed by atoms with Gasteiger partial charge >= 0.3 is 5.97 Å². The summed E-state index contributed by atoms with van der Waals surface area (Å²) in [5.41, 5.74) is 1.34. The number of anilines is 1. The maximum atomic E-state index is 12.6. The molecule has 1 N–H and O–H groups in total. The summed E-state index contributed by atoms with van der Waals surface area (Å²) in [6.07, 6.45) is 1.53. The average Bonchev–Trinajstić information content (AvgIpc) is 3.41. The van der Waals surface area contributed by atoms with Gasteiger partial charge in [0.15, 0.2) is 6.61 Å². The number of likely N-dealkylation sites (N-methyl/N-ethyl adjacent to an activating group) is 1. The third-order valence-corrected chi connectivity index (χ3v) is 5.06. The van der Waals surface area contributed by atoms with Gasteiger partial charge in [-0.3, -0.25) is 14.4 Å². The van der Waals surface area contributed by atoms with Crippen molar-refractivity contribution in [3.05, 3.63) is 70.1 Å². The molecule has 3 aromatic rings. The lowest BCUT2D eigenvalue weighted by Gasteiger charge is -2.20. The standard InChI is InChI=1S/C21H21N3O5S/c1-14-23-15(13-30-14)10-20(26)29-12-19(25)24(2)18-8-4-3-7-17(18)21(27)22-11-16-6-5-9-28-16/h3-9,13H,10-12H2,1-2H3,(H,22,27). The highest BCUT2D eigenvalue weighted by atomic mass is 32.1. The van der Waals surface area contributed by atoms with Crippen LogP contribution in [0.2, 0.25) is 0 Å². The molecule has 0 atom stereocenters. The van der Waals surface area contributed by atoms with Crippen LogP contribution in [0.1, 0.15) is 26.8 Å². The number of aryl methyl sites for hydroxylation is 1. The van der Waals surface area contributed by atoms with Gasteiger partial charge in [0.2, 0.25) is 0 Å². The van der Waals surface area contributed by atoms with Crippen LogP contribution in [0.15, 0.2) is 52.5 Å². The summed E-state index contributed by atoms with van der Waals surface area (Å²) in [5.74, 6) is -0.722. The summed E-state index contributed by atoms with van der Waals surface area (Å²) in [6, 6.07) is 10.2. The van der Waals surface area contributed by atoms with Gasteiger partial charge in [-0.05, 0) is 31.2 Å². The number of benzene rings is 1. The van der Waals surface area contributed by atoms with Gasteiger partial charge in [-0.25, -0.2) is 4.98 Å². The molecule has 0 bridgehead atoms. The molecule has 0 fully saturated rings. The van der Waals surface area contributed by atoms with Crippen molar-refractivity contribution in [3.63, 3.8) is 0 Å². The Morgan fingerprint density at radius 2 is 2.00 bits per heavy atom. The number of esters is 1. The highest BCUT2D eigenvalue weighted by Gasteiger charge is 2.20. The molecule has 2 aromatic heterocycles. The van der Waals surface area contributed by atoms with E-state index in [0.717, 1.165) is 5.01 Å². The molecule has 0 unspecified atom stereocenters. The predicted octanol–water partition coefficient (Wildman–Crippen LogP) is 2.72. The molecule has 156 valence electrons. The first-order valence-corrected chi connectivity index (χ1v) is 10.0. The van der Waals surface area contributed by atoms with Gasteiger partial charge in [-0.2, -0.15) is 0 Å². The molecule has 30 heavy (non-hydrogen) atoms. The minimum Gasteiger partial charge on any atom is -0.467 e. The van der Waals surface area contributed by atoms with Gasteiger partial charge in [0.05, 0.1) is 41.2 Å². The highest BCUT2D eigenvalue weighted by Crippen LogP contribution is 2.20. The first-order chi connectivity index (χ1) is 14.4. The maximum Gasteiger partial charge on any atom is 0.312 e. The van der Waals surface area contributed by atoms with E-state index in [-0.39, 0.29) is 18.9 Å². The van der Waals surface area contributed by atoms with E-state index in [1.54, 1.807) is 41.8 Å². The summed E-state index contributed by atoms with van der Waals surface area (Å²) in [6.45, 7) is 1.65. The molecule has 0 aliphatic rings. The number of hydrogen-bond donors (Lipinski definition) is 1. The van der Waals surface area contributed by atoms with Crippen LogP contribution in [0, 0.1) is 6.92 Å². The smallest absolute Gasteiger partial charge is 0.312 e. The molecule has 2 amide bonds. The lowest BCUT2D eigenvalue weighted by Crippen LogP contribution is -2.33. The Hall–Kier alpha value is -3.46. The lowest BCUT2D eigenvalue weighted by molar-refractivity contribution is -0.147. The Morgan fingerprint density at radius 3 is 2.70 bits per heavy atom. The van der Waals surface area contributed by atoms with E-state index in [1.807, 2.05) is 6.92 Å². The monoisotopic (exact) mass is 427 g/mol. The third-order valence-electron chi connectivity index (χ3n) is 4.24. The van der Waals surface area contributed by atoms with Crippen LogP contribution in [0.4, 0.5) is 5.69 Å². The summed E-state index contributed by atoms with van der Waals surface area (Å²) in [5, 5.41) is 5.39. The molecule has 9 heteroatoms. The summed E-state index contributed by atoms with van der Waals surface area (Å²) < 4.78 is 10.3. The first-order valence-electron chi connectivity index (χ1n) is 9.17. The normalized spacial score (nSPS) is 10.5. The van der Waals surface area contributed by atoms with Gasteiger partial charge in [-0.15, -0.1) is 11.3 Å². The minimum absolute atomic E-state index is 0.00705. The van der Waals surface area contributed by atoms with E-state index in [4.69, 9.17) is 9.15 Å². The van der Waals surface area contributed by atoms with Gasteiger partial charge in [0.1, 0.15) is 5.76 Å². The van der Waals surface area contributed by atoms with Crippen LogP contribution in [0.5, 0.6) is 0 Å². The number of hydrogen-bond acceptors (Lipinski definition) is 7. The fourth-order valence-electron chi connectivity index (χ4n) is 2.70. The molecule has 3 rings (SSSR count). The molecule has 0 aliphatic carbocycles. The molecule has 0 radical (unpaired) electrons. The van der Waals surface area contributed by atoms with Crippen molar-refractivity contribution in [2.45, 2.75) is 19.9 Å². The molecule has 0 saturated heterocycles. The van der Waals surface area contributed by atoms with Crippen molar-refractivity contribution in [1.82, 2.24) is 10.3 Å². The number of nitrogens with one attached hydrogen (secondary N) is 1. The Kier molecular flexibility index (Phi) is 6.97. The first kappa shape index (κ1) is 21.3. The average molecular weight is 427 g/mol. The van der Waals surface area contributed by atoms with Crippen molar-refractivity contribution in [1.29, 1.82) is 0 Å². The number of amides is 2. The molecular formula is C21H21N3O5S.